The van der Waals surface area contributed by atoms with E-state index >= 15 is 0 Å². The Bertz CT molecular complexity index is 532. The van der Waals surface area contributed by atoms with Crippen LogP contribution in [0.1, 0.15) is 44.7 Å². The molecule has 0 aliphatic rings. The van der Waals surface area contributed by atoms with Crippen molar-refractivity contribution in [2.45, 2.75) is 47.0 Å². The van der Waals surface area contributed by atoms with Crippen LogP contribution in [0.15, 0.2) is 18.2 Å². The number of anilines is 1. The molecule has 1 rings (SSSR count). The molecule has 0 aliphatic heterocycles. The van der Waals surface area contributed by atoms with Gasteiger partial charge in [-0.3, -0.25) is 4.79 Å². The minimum Gasteiger partial charge on any atom is -0.358 e. The number of unbranched alkanes of at least 4 members (excludes halogenated alkanes) is 1. The second-order valence-electron chi connectivity index (χ2n) is 5.50. The molecular formula is C18H28N2OS2. The van der Waals surface area contributed by atoms with Gasteiger partial charge >= 0.3 is 0 Å². The van der Waals surface area contributed by atoms with Crippen LogP contribution >= 0.6 is 24.0 Å². The average Bonchev–Trinajstić information content (AvgIpc) is 2.55. The van der Waals surface area contributed by atoms with Crippen LogP contribution in [0.2, 0.25) is 0 Å². The largest absolute Gasteiger partial charge is 0.358 e. The number of hydrogen-bond acceptors (Lipinski definition) is 3. The number of aryl methyl sites for hydroxylation is 2. The predicted octanol–water partition coefficient (Wildman–Crippen LogP) is 4.64. The van der Waals surface area contributed by atoms with Crippen molar-refractivity contribution in [3.05, 3.63) is 29.3 Å². The van der Waals surface area contributed by atoms with E-state index in [1.807, 2.05) is 19.1 Å². The van der Waals surface area contributed by atoms with Crippen molar-refractivity contribution >= 4 is 39.9 Å². The number of carbonyl (C=O) groups excluding carboxylic acids is 1. The van der Waals surface area contributed by atoms with Crippen LogP contribution in [-0.2, 0) is 11.2 Å². The SMILES string of the molecule is CCCCN(CC)C(=S)SCC(=O)Nc1c(C)cccc1CC. The molecule has 1 N–H and O–H groups in total. The Morgan fingerprint density at radius 3 is 2.65 bits per heavy atom. The minimum atomic E-state index is 0.00731. The second kappa shape index (κ2) is 10.7. The summed E-state index contributed by atoms with van der Waals surface area (Å²) in [5.74, 6) is 0.367. The quantitative estimate of drug-likeness (QED) is 0.691. The fraction of sp³-hybridized carbons (Fsp3) is 0.556. The van der Waals surface area contributed by atoms with Crippen molar-refractivity contribution in [3.63, 3.8) is 0 Å². The van der Waals surface area contributed by atoms with Crippen LogP contribution in [0, 0.1) is 6.92 Å². The first-order valence-electron chi connectivity index (χ1n) is 8.33. The lowest BCUT2D eigenvalue weighted by Gasteiger charge is -2.22. The van der Waals surface area contributed by atoms with E-state index in [4.69, 9.17) is 12.2 Å². The van der Waals surface area contributed by atoms with Gasteiger partial charge in [-0.25, -0.2) is 0 Å². The summed E-state index contributed by atoms with van der Waals surface area (Å²) < 4.78 is 0.816. The summed E-state index contributed by atoms with van der Waals surface area (Å²) in [5, 5.41) is 3.05. The number of thiocarbonyl (C=S) groups is 1. The summed E-state index contributed by atoms with van der Waals surface area (Å²) in [7, 11) is 0. The highest BCUT2D eigenvalue weighted by Crippen LogP contribution is 2.21. The van der Waals surface area contributed by atoms with E-state index in [1.165, 1.54) is 17.3 Å². The lowest BCUT2D eigenvalue weighted by Crippen LogP contribution is -2.29. The Balaban J connectivity index is 2.56. The maximum Gasteiger partial charge on any atom is 0.234 e. The molecule has 1 aromatic carbocycles. The van der Waals surface area contributed by atoms with Gasteiger partial charge in [0.25, 0.3) is 0 Å². The molecular weight excluding hydrogens is 324 g/mol. The van der Waals surface area contributed by atoms with Gasteiger partial charge in [-0.2, -0.15) is 0 Å². The summed E-state index contributed by atoms with van der Waals surface area (Å²) in [4.78, 5) is 14.4. The Labute approximate surface area is 150 Å². The van der Waals surface area contributed by atoms with E-state index < -0.39 is 0 Å². The zero-order valence-corrected chi connectivity index (χ0v) is 16.3. The lowest BCUT2D eigenvalue weighted by atomic mass is 10.1. The third kappa shape index (κ3) is 6.51. The highest BCUT2D eigenvalue weighted by Gasteiger charge is 2.12. The zero-order chi connectivity index (χ0) is 17.2. The van der Waals surface area contributed by atoms with Crippen LogP contribution in [-0.4, -0.2) is 34.0 Å². The first-order valence-corrected chi connectivity index (χ1v) is 9.72. The summed E-state index contributed by atoms with van der Waals surface area (Å²) in [6, 6.07) is 6.11. The number of benzene rings is 1. The van der Waals surface area contributed by atoms with Crippen LogP contribution < -0.4 is 5.32 Å². The molecule has 0 bridgehead atoms. The fourth-order valence-electron chi connectivity index (χ4n) is 2.32. The molecule has 0 spiro atoms. The molecule has 128 valence electrons. The van der Waals surface area contributed by atoms with E-state index in [9.17, 15) is 4.79 Å². The van der Waals surface area contributed by atoms with Crippen LogP contribution in [0.4, 0.5) is 5.69 Å². The van der Waals surface area contributed by atoms with Gasteiger partial charge in [0.15, 0.2) is 0 Å². The van der Waals surface area contributed by atoms with Crippen LogP contribution in [0.5, 0.6) is 0 Å². The highest BCUT2D eigenvalue weighted by atomic mass is 32.2. The molecule has 0 saturated heterocycles. The minimum absolute atomic E-state index is 0.00731. The summed E-state index contributed by atoms with van der Waals surface area (Å²) in [6.45, 7) is 10.3. The number of nitrogens with zero attached hydrogens (tertiary/aromatic N) is 1. The molecule has 5 heteroatoms. The Kier molecular flexibility index (Phi) is 9.26. The standard InChI is InChI=1S/C18H28N2OS2/c1-5-8-12-20(7-3)18(22)23-13-16(21)19-17-14(4)10-9-11-15(17)6-2/h9-11H,5-8,12-13H2,1-4H3,(H,19,21). The Morgan fingerprint density at radius 2 is 2.04 bits per heavy atom. The molecule has 1 amide bonds. The monoisotopic (exact) mass is 352 g/mol. The summed E-state index contributed by atoms with van der Waals surface area (Å²) in [6.07, 6.45) is 3.19. The molecule has 0 fully saturated rings. The van der Waals surface area contributed by atoms with Gasteiger partial charge in [0.2, 0.25) is 5.91 Å². The van der Waals surface area contributed by atoms with Gasteiger partial charge in [-0.1, -0.05) is 62.4 Å². The number of carbonyl (C=O) groups is 1. The van der Waals surface area contributed by atoms with E-state index in [0.29, 0.717) is 5.75 Å². The summed E-state index contributed by atoms with van der Waals surface area (Å²) in [5.41, 5.74) is 3.22. The first-order chi connectivity index (χ1) is 11.0. The number of nitrogens with one attached hydrogen (secondary N) is 1. The third-order valence-corrected chi connectivity index (χ3v) is 5.28. The van der Waals surface area contributed by atoms with Crippen molar-refractivity contribution in [2.75, 3.05) is 24.2 Å². The maximum absolute atomic E-state index is 12.3. The van der Waals surface area contributed by atoms with Crippen molar-refractivity contribution in [1.29, 1.82) is 0 Å². The number of para-hydroxylation sites is 1. The highest BCUT2D eigenvalue weighted by molar-refractivity contribution is 8.23. The number of hydrogen-bond donors (Lipinski definition) is 1. The van der Waals surface area contributed by atoms with Gasteiger partial charge in [0, 0.05) is 18.8 Å². The molecule has 0 unspecified atom stereocenters. The maximum atomic E-state index is 12.3. The number of thioether (sulfide) groups is 1. The second-order valence-corrected chi connectivity index (χ2v) is 7.11. The van der Waals surface area contributed by atoms with Gasteiger partial charge < -0.3 is 10.2 Å². The van der Waals surface area contributed by atoms with E-state index in [-0.39, 0.29) is 5.91 Å². The van der Waals surface area contributed by atoms with Crippen molar-refractivity contribution < 1.29 is 4.79 Å². The predicted molar refractivity (Wildman–Crippen MR) is 106 cm³/mol. The third-order valence-electron chi connectivity index (χ3n) is 3.75. The molecule has 0 heterocycles. The zero-order valence-electron chi connectivity index (χ0n) is 14.6. The van der Waals surface area contributed by atoms with Crippen LogP contribution in [0.3, 0.4) is 0 Å². The van der Waals surface area contributed by atoms with Gasteiger partial charge in [0.1, 0.15) is 4.32 Å². The van der Waals surface area contributed by atoms with Gasteiger partial charge in [-0.05, 0) is 37.8 Å². The van der Waals surface area contributed by atoms with Crippen LogP contribution in [0.25, 0.3) is 0 Å². The molecule has 1 aromatic rings. The molecule has 0 saturated carbocycles. The molecule has 3 nitrogen and oxygen atoms in total. The van der Waals surface area contributed by atoms with E-state index in [0.717, 1.165) is 47.9 Å². The molecule has 0 atom stereocenters. The first kappa shape index (κ1) is 20.0. The lowest BCUT2D eigenvalue weighted by molar-refractivity contribution is -0.113. The van der Waals surface area contributed by atoms with E-state index in [1.54, 1.807) is 0 Å². The molecule has 0 aliphatic carbocycles. The number of rotatable bonds is 8. The van der Waals surface area contributed by atoms with E-state index in [2.05, 4.69) is 37.1 Å². The summed E-state index contributed by atoms with van der Waals surface area (Å²) >= 11 is 6.91. The average molecular weight is 353 g/mol. The van der Waals surface area contributed by atoms with Gasteiger partial charge in [-0.15, -0.1) is 0 Å². The van der Waals surface area contributed by atoms with Crippen molar-refractivity contribution in [1.82, 2.24) is 4.90 Å². The van der Waals surface area contributed by atoms with Gasteiger partial charge in [0.05, 0.1) is 5.75 Å². The molecule has 0 radical (unpaired) electrons. The topological polar surface area (TPSA) is 32.3 Å². The smallest absolute Gasteiger partial charge is 0.234 e. The number of amides is 1. The van der Waals surface area contributed by atoms with Crippen molar-refractivity contribution in [3.8, 4) is 0 Å². The fourth-order valence-corrected chi connectivity index (χ4v) is 3.45. The molecule has 23 heavy (non-hydrogen) atoms. The normalized spacial score (nSPS) is 10.4. The Morgan fingerprint density at radius 1 is 1.30 bits per heavy atom. The van der Waals surface area contributed by atoms with Crippen molar-refractivity contribution in [2.24, 2.45) is 0 Å². The Hall–Kier alpha value is -1.07. The molecule has 0 aromatic heterocycles.